The van der Waals surface area contributed by atoms with Crippen molar-refractivity contribution in [2.24, 2.45) is 0 Å². The first-order valence-corrected chi connectivity index (χ1v) is 8.16. The minimum Gasteiger partial charge on any atom is -0.385 e. The summed E-state index contributed by atoms with van der Waals surface area (Å²) < 4.78 is 5.70. The third kappa shape index (κ3) is 3.69. The smallest absolute Gasteiger partial charge is 0.248 e. The van der Waals surface area contributed by atoms with Gasteiger partial charge < -0.3 is 14.8 Å². The molecule has 0 saturated heterocycles. The zero-order valence-corrected chi connectivity index (χ0v) is 13.9. The molecule has 3 rings (SSSR count). The Balaban J connectivity index is 1.81. The number of halogens is 1. The summed E-state index contributed by atoms with van der Waals surface area (Å²) in [5.74, 6) is 0. The largest absolute Gasteiger partial charge is 0.385 e. The first kappa shape index (κ1) is 15.9. The van der Waals surface area contributed by atoms with E-state index in [1.54, 1.807) is 12.1 Å². The standard InChI is InChI=1S/C18H16BrNO3/c19-18(23-11-12-5-2-1-3-6-12)17(22)14-8-4-7-13-9-10-15(21)20-16(13)14/h1-10,17-18,22H,11H2,(H,20,21). The van der Waals surface area contributed by atoms with Crippen molar-refractivity contribution in [1.82, 2.24) is 4.98 Å². The number of nitrogens with one attached hydrogen (secondary N) is 1. The van der Waals surface area contributed by atoms with Crippen LogP contribution in [0, 0.1) is 0 Å². The Labute approximate surface area is 141 Å². The quantitative estimate of drug-likeness (QED) is 0.672. The van der Waals surface area contributed by atoms with E-state index in [1.165, 1.54) is 6.07 Å². The summed E-state index contributed by atoms with van der Waals surface area (Å²) in [7, 11) is 0. The number of aromatic amines is 1. The van der Waals surface area contributed by atoms with Gasteiger partial charge in [-0.1, -0.05) is 64.5 Å². The normalized spacial score (nSPS) is 13.8. The summed E-state index contributed by atoms with van der Waals surface area (Å²) >= 11 is 3.38. The number of ether oxygens (including phenoxy) is 1. The minimum absolute atomic E-state index is 0.200. The van der Waals surface area contributed by atoms with Crippen LogP contribution < -0.4 is 5.56 Å². The molecular formula is C18H16BrNO3. The number of aliphatic hydroxyl groups is 1. The minimum atomic E-state index is -0.902. The van der Waals surface area contributed by atoms with Crippen molar-refractivity contribution in [3.63, 3.8) is 0 Å². The van der Waals surface area contributed by atoms with E-state index in [9.17, 15) is 9.90 Å². The van der Waals surface area contributed by atoms with Gasteiger partial charge in [0, 0.05) is 11.6 Å². The molecule has 0 aliphatic heterocycles. The van der Waals surface area contributed by atoms with Crippen LogP contribution in [0.1, 0.15) is 17.2 Å². The molecule has 2 aromatic carbocycles. The summed E-state index contributed by atoms with van der Waals surface area (Å²) in [6, 6.07) is 18.4. The van der Waals surface area contributed by atoms with E-state index in [4.69, 9.17) is 4.74 Å². The average Bonchev–Trinajstić information content (AvgIpc) is 2.59. The van der Waals surface area contributed by atoms with Crippen LogP contribution in [0.5, 0.6) is 0 Å². The Hall–Kier alpha value is -1.95. The van der Waals surface area contributed by atoms with Gasteiger partial charge in [-0.3, -0.25) is 4.79 Å². The molecule has 0 radical (unpaired) electrons. The molecule has 1 aromatic heterocycles. The number of hydrogen-bond donors (Lipinski definition) is 2. The molecule has 0 fully saturated rings. The number of rotatable bonds is 5. The van der Waals surface area contributed by atoms with Crippen LogP contribution in [0.4, 0.5) is 0 Å². The van der Waals surface area contributed by atoms with Crippen LogP contribution in [0.25, 0.3) is 10.9 Å². The van der Waals surface area contributed by atoms with Crippen molar-refractivity contribution >= 4 is 26.8 Å². The van der Waals surface area contributed by atoms with Gasteiger partial charge in [-0.2, -0.15) is 0 Å². The monoisotopic (exact) mass is 373 g/mol. The van der Waals surface area contributed by atoms with Gasteiger partial charge in [-0.05, 0) is 17.0 Å². The molecule has 23 heavy (non-hydrogen) atoms. The summed E-state index contributed by atoms with van der Waals surface area (Å²) in [4.78, 5) is 14.3. The summed E-state index contributed by atoms with van der Waals surface area (Å²) in [5.41, 5.74) is 2.07. The lowest BCUT2D eigenvalue weighted by Crippen LogP contribution is -2.17. The SMILES string of the molecule is O=c1ccc2cccc(C(O)C(Br)OCc3ccccc3)c2[nH]1. The second-order valence-electron chi connectivity index (χ2n) is 5.23. The van der Waals surface area contributed by atoms with Gasteiger partial charge >= 0.3 is 0 Å². The number of aliphatic hydroxyl groups excluding tert-OH is 1. The number of H-pyrrole nitrogens is 1. The van der Waals surface area contributed by atoms with Crippen LogP contribution in [0.3, 0.4) is 0 Å². The van der Waals surface area contributed by atoms with E-state index >= 15 is 0 Å². The lowest BCUT2D eigenvalue weighted by molar-refractivity contribution is 0.00948. The van der Waals surface area contributed by atoms with Crippen molar-refractivity contribution in [2.45, 2.75) is 17.7 Å². The summed E-state index contributed by atoms with van der Waals surface area (Å²) in [5, 5.41) is 10.8. The number of benzene rings is 2. The highest BCUT2D eigenvalue weighted by Gasteiger charge is 2.21. The molecule has 2 N–H and O–H groups in total. The Morgan fingerprint density at radius 3 is 2.61 bits per heavy atom. The number of pyridine rings is 1. The Morgan fingerprint density at radius 1 is 1.04 bits per heavy atom. The van der Waals surface area contributed by atoms with E-state index in [1.807, 2.05) is 42.5 Å². The number of alkyl halides is 1. The zero-order valence-electron chi connectivity index (χ0n) is 12.3. The maximum Gasteiger partial charge on any atom is 0.248 e. The lowest BCUT2D eigenvalue weighted by atomic mass is 10.1. The molecule has 1 heterocycles. The summed E-state index contributed by atoms with van der Waals surface area (Å²) in [6.07, 6.45) is -0.902. The highest BCUT2D eigenvalue weighted by molar-refractivity contribution is 9.09. The fraction of sp³-hybridized carbons (Fsp3) is 0.167. The van der Waals surface area contributed by atoms with Gasteiger partial charge in [0.25, 0.3) is 0 Å². The predicted octanol–water partition coefficient (Wildman–Crippen LogP) is 3.50. The highest BCUT2D eigenvalue weighted by atomic mass is 79.9. The molecule has 3 aromatic rings. The molecule has 2 unspecified atom stereocenters. The molecule has 0 bridgehead atoms. The average molecular weight is 374 g/mol. The lowest BCUT2D eigenvalue weighted by Gasteiger charge is -2.19. The maximum atomic E-state index is 11.6. The molecule has 118 valence electrons. The van der Waals surface area contributed by atoms with Gasteiger partial charge in [-0.25, -0.2) is 0 Å². The van der Waals surface area contributed by atoms with Gasteiger partial charge in [-0.15, -0.1) is 0 Å². The first-order chi connectivity index (χ1) is 11.1. The number of aromatic nitrogens is 1. The third-order valence-corrected chi connectivity index (χ3v) is 4.38. The van der Waals surface area contributed by atoms with Gasteiger partial charge in [0.05, 0.1) is 12.1 Å². The molecule has 0 amide bonds. The van der Waals surface area contributed by atoms with Crippen LogP contribution in [0.15, 0.2) is 65.5 Å². The van der Waals surface area contributed by atoms with Crippen molar-refractivity contribution in [3.8, 4) is 0 Å². The molecule has 0 saturated carbocycles. The third-order valence-electron chi connectivity index (χ3n) is 3.61. The Morgan fingerprint density at radius 2 is 1.83 bits per heavy atom. The highest BCUT2D eigenvalue weighted by Crippen LogP contribution is 2.28. The fourth-order valence-corrected chi connectivity index (χ4v) is 2.85. The van der Waals surface area contributed by atoms with Crippen LogP contribution >= 0.6 is 15.9 Å². The molecular weight excluding hydrogens is 358 g/mol. The van der Waals surface area contributed by atoms with E-state index in [0.29, 0.717) is 17.7 Å². The second-order valence-corrected chi connectivity index (χ2v) is 6.13. The van der Waals surface area contributed by atoms with E-state index < -0.39 is 11.1 Å². The van der Waals surface area contributed by atoms with Crippen LogP contribution in [-0.4, -0.2) is 15.1 Å². The van der Waals surface area contributed by atoms with E-state index in [-0.39, 0.29) is 5.56 Å². The Kier molecular flexibility index (Phi) is 4.91. The van der Waals surface area contributed by atoms with Crippen molar-refractivity contribution in [1.29, 1.82) is 0 Å². The zero-order chi connectivity index (χ0) is 16.2. The van der Waals surface area contributed by atoms with Gasteiger partial charge in [0.1, 0.15) is 11.1 Å². The Bertz CT molecular complexity index is 848. The fourth-order valence-electron chi connectivity index (χ4n) is 2.43. The van der Waals surface area contributed by atoms with Crippen molar-refractivity contribution in [3.05, 3.63) is 82.1 Å². The number of fused-ring (bicyclic) bond motifs is 1. The van der Waals surface area contributed by atoms with Crippen LogP contribution in [0.2, 0.25) is 0 Å². The molecule has 2 atom stereocenters. The molecule has 0 spiro atoms. The topological polar surface area (TPSA) is 62.3 Å². The predicted molar refractivity (Wildman–Crippen MR) is 93.5 cm³/mol. The van der Waals surface area contributed by atoms with Crippen molar-refractivity contribution in [2.75, 3.05) is 0 Å². The molecule has 5 heteroatoms. The van der Waals surface area contributed by atoms with Gasteiger partial charge in [0.15, 0.2) is 0 Å². The van der Waals surface area contributed by atoms with E-state index in [0.717, 1.165) is 10.9 Å². The first-order valence-electron chi connectivity index (χ1n) is 7.25. The second kappa shape index (κ2) is 7.08. The van der Waals surface area contributed by atoms with Gasteiger partial charge in [0.2, 0.25) is 5.56 Å². The van der Waals surface area contributed by atoms with Crippen LogP contribution in [-0.2, 0) is 11.3 Å². The van der Waals surface area contributed by atoms with E-state index in [2.05, 4.69) is 20.9 Å². The molecule has 4 nitrogen and oxygen atoms in total. The maximum absolute atomic E-state index is 11.6. The summed E-state index contributed by atoms with van der Waals surface area (Å²) in [6.45, 7) is 0.384. The molecule has 0 aliphatic rings. The number of hydrogen-bond acceptors (Lipinski definition) is 3. The molecule has 0 aliphatic carbocycles. The number of para-hydroxylation sites is 1. The van der Waals surface area contributed by atoms with Crippen molar-refractivity contribution < 1.29 is 9.84 Å².